The minimum atomic E-state index is -0.218. The van der Waals surface area contributed by atoms with Gasteiger partial charge in [0.15, 0.2) is 5.65 Å². The quantitative estimate of drug-likeness (QED) is 0.826. The molecule has 0 N–H and O–H groups in total. The molecular weight excluding hydrogens is 306 g/mol. The third-order valence-electron chi connectivity index (χ3n) is 5.01. The maximum absolute atomic E-state index is 12.5. The highest BCUT2D eigenvalue weighted by Gasteiger charge is 2.30. The molecule has 7 nitrogen and oxygen atoms in total. The Labute approximate surface area is 141 Å². The molecule has 1 atom stereocenters. The standard InChI is InChI=1S/C17H23N5O2/c1-12-15-13(5-6-18-16(15)20(2)19-12)21-7-9-22(10-8-21)17(23)14-4-3-11-24-14/h5-6,14H,3-4,7-11H2,1-2H3. The number of hydrogen-bond donors (Lipinski definition) is 0. The summed E-state index contributed by atoms with van der Waals surface area (Å²) in [5, 5.41) is 5.60. The van der Waals surface area contributed by atoms with Crippen molar-refractivity contribution >= 4 is 22.6 Å². The summed E-state index contributed by atoms with van der Waals surface area (Å²) < 4.78 is 7.36. The summed E-state index contributed by atoms with van der Waals surface area (Å²) in [6, 6.07) is 2.05. The van der Waals surface area contributed by atoms with Gasteiger partial charge in [-0.05, 0) is 25.8 Å². The van der Waals surface area contributed by atoms with Gasteiger partial charge in [0.25, 0.3) is 5.91 Å². The topological polar surface area (TPSA) is 63.5 Å². The largest absolute Gasteiger partial charge is 0.368 e. The van der Waals surface area contributed by atoms with Gasteiger partial charge in [-0.2, -0.15) is 5.10 Å². The minimum absolute atomic E-state index is 0.157. The second kappa shape index (κ2) is 6.05. The molecule has 0 aromatic carbocycles. The van der Waals surface area contributed by atoms with E-state index in [2.05, 4.69) is 21.0 Å². The molecule has 2 aliphatic rings. The van der Waals surface area contributed by atoms with Gasteiger partial charge in [-0.1, -0.05) is 0 Å². The highest BCUT2D eigenvalue weighted by molar-refractivity contribution is 5.92. The van der Waals surface area contributed by atoms with E-state index in [4.69, 9.17) is 4.74 Å². The molecule has 2 aromatic rings. The maximum Gasteiger partial charge on any atom is 0.251 e. The van der Waals surface area contributed by atoms with Crippen LogP contribution in [0.2, 0.25) is 0 Å². The van der Waals surface area contributed by atoms with Gasteiger partial charge in [0, 0.05) is 46.0 Å². The summed E-state index contributed by atoms with van der Waals surface area (Å²) in [6.45, 7) is 5.86. The number of rotatable bonds is 2. The van der Waals surface area contributed by atoms with Gasteiger partial charge in [0.05, 0.1) is 16.8 Å². The number of hydrogen-bond acceptors (Lipinski definition) is 5. The van der Waals surface area contributed by atoms with Crippen LogP contribution in [0.5, 0.6) is 0 Å². The van der Waals surface area contributed by atoms with Crippen LogP contribution in [0.25, 0.3) is 11.0 Å². The van der Waals surface area contributed by atoms with Crippen molar-refractivity contribution in [1.82, 2.24) is 19.7 Å². The molecule has 0 saturated carbocycles. The molecule has 4 rings (SSSR count). The van der Waals surface area contributed by atoms with Crippen molar-refractivity contribution in [1.29, 1.82) is 0 Å². The van der Waals surface area contributed by atoms with E-state index in [-0.39, 0.29) is 12.0 Å². The molecule has 4 heterocycles. The van der Waals surface area contributed by atoms with Gasteiger partial charge in [-0.25, -0.2) is 4.98 Å². The lowest BCUT2D eigenvalue weighted by molar-refractivity contribution is -0.141. The van der Waals surface area contributed by atoms with Crippen LogP contribution in [0.1, 0.15) is 18.5 Å². The van der Waals surface area contributed by atoms with Crippen molar-refractivity contribution in [2.45, 2.75) is 25.9 Å². The van der Waals surface area contributed by atoms with Crippen LogP contribution in [0.4, 0.5) is 5.69 Å². The average molecular weight is 329 g/mol. The second-order valence-electron chi connectivity index (χ2n) is 6.55. The number of ether oxygens (including phenoxy) is 1. The Hall–Kier alpha value is -2.15. The van der Waals surface area contributed by atoms with E-state index in [0.29, 0.717) is 6.61 Å². The minimum Gasteiger partial charge on any atom is -0.368 e. The second-order valence-corrected chi connectivity index (χ2v) is 6.55. The van der Waals surface area contributed by atoms with Crippen molar-refractivity contribution in [3.8, 4) is 0 Å². The fourth-order valence-electron chi connectivity index (χ4n) is 3.76. The van der Waals surface area contributed by atoms with E-state index in [0.717, 1.165) is 61.4 Å². The number of carbonyl (C=O) groups is 1. The number of aromatic nitrogens is 3. The van der Waals surface area contributed by atoms with Gasteiger partial charge >= 0.3 is 0 Å². The number of amides is 1. The summed E-state index contributed by atoms with van der Waals surface area (Å²) in [7, 11) is 1.92. The molecule has 2 saturated heterocycles. The zero-order valence-corrected chi connectivity index (χ0v) is 14.2. The molecule has 7 heteroatoms. The summed E-state index contributed by atoms with van der Waals surface area (Å²) in [6.07, 6.45) is 3.47. The smallest absolute Gasteiger partial charge is 0.251 e. The monoisotopic (exact) mass is 329 g/mol. The van der Waals surface area contributed by atoms with Crippen LogP contribution in [-0.4, -0.2) is 64.5 Å². The number of nitrogens with zero attached hydrogens (tertiary/aromatic N) is 5. The number of anilines is 1. The molecule has 2 fully saturated rings. The van der Waals surface area contributed by atoms with Crippen LogP contribution >= 0.6 is 0 Å². The van der Waals surface area contributed by atoms with Crippen LogP contribution in [0, 0.1) is 6.92 Å². The summed E-state index contributed by atoms with van der Waals surface area (Å²) >= 11 is 0. The molecule has 0 bridgehead atoms. The molecular formula is C17H23N5O2. The van der Waals surface area contributed by atoms with Gasteiger partial charge in [0.1, 0.15) is 6.10 Å². The van der Waals surface area contributed by atoms with Crippen LogP contribution in [0.3, 0.4) is 0 Å². The summed E-state index contributed by atoms with van der Waals surface area (Å²) in [5.74, 6) is 0.157. The van der Waals surface area contributed by atoms with Gasteiger partial charge in [-0.15, -0.1) is 0 Å². The Bertz CT molecular complexity index is 758. The number of carbonyl (C=O) groups excluding carboxylic acids is 1. The lowest BCUT2D eigenvalue weighted by atomic mass is 10.1. The van der Waals surface area contributed by atoms with Gasteiger partial charge < -0.3 is 14.5 Å². The third-order valence-corrected chi connectivity index (χ3v) is 5.01. The predicted molar refractivity (Wildman–Crippen MR) is 91.0 cm³/mol. The van der Waals surface area contributed by atoms with Gasteiger partial charge in [0.2, 0.25) is 0 Å². The van der Waals surface area contributed by atoms with Crippen molar-refractivity contribution in [2.24, 2.45) is 7.05 Å². The molecule has 2 aliphatic heterocycles. The molecule has 0 spiro atoms. The fourth-order valence-corrected chi connectivity index (χ4v) is 3.76. The Morgan fingerprint density at radius 1 is 1.29 bits per heavy atom. The molecule has 0 radical (unpaired) electrons. The van der Waals surface area contributed by atoms with E-state index < -0.39 is 0 Å². The number of pyridine rings is 1. The maximum atomic E-state index is 12.5. The Morgan fingerprint density at radius 2 is 2.08 bits per heavy atom. The first-order valence-corrected chi connectivity index (χ1v) is 8.59. The van der Waals surface area contributed by atoms with Crippen molar-refractivity contribution in [3.05, 3.63) is 18.0 Å². The van der Waals surface area contributed by atoms with E-state index >= 15 is 0 Å². The first-order chi connectivity index (χ1) is 11.6. The Kier molecular flexibility index (Phi) is 3.88. The van der Waals surface area contributed by atoms with E-state index in [1.807, 2.05) is 29.7 Å². The Balaban J connectivity index is 1.51. The fraction of sp³-hybridized carbons (Fsp3) is 0.588. The molecule has 2 aromatic heterocycles. The number of aryl methyl sites for hydroxylation is 2. The predicted octanol–water partition coefficient (Wildman–Crippen LogP) is 1.10. The average Bonchev–Trinajstić information content (AvgIpc) is 3.23. The normalized spacial score (nSPS) is 21.7. The van der Waals surface area contributed by atoms with Crippen molar-refractivity contribution in [2.75, 3.05) is 37.7 Å². The van der Waals surface area contributed by atoms with E-state index in [1.54, 1.807) is 0 Å². The highest BCUT2D eigenvalue weighted by Crippen LogP contribution is 2.28. The highest BCUT2D eigenvalue weighted by atomic mass is 16.5. The number of fused-ring (bicyclic) bond motifs is 1. The van der Waals surface area contributed by atoms with Crippen molar-refractivity contribution in [3.63, 3.8) is 0 Å². The van der Waals surface area contributed by atoms with Crippen LogP contribution in [0.15, 0.2) is 12.3 Å². The zero-order chi connectivity index (χ0) is 16.7. The summed E-state index contributed by atoms with van der Waals surface area (Å²) in [4.78, 5) is 21.2. The molecule has 24 heavy (non-hydrogen) atoms. The van der Waals surface area contributed by atoms with Gasteiger partial charge in [-0.3, -0.25) is 9.48 Å². The van der Waals surface area contributed by atoms with E-state index in [1.165, 1.54) is 0 Å². The first kappa shape index (κ1) is 15.4. The molecule has 1 amide bonds. The summed E-state index contributed by atoms with van der Waals surface area (Å²) in [5.41, 5.74) is 3.06. The van der Waals surface area contributed by atoms with E-state index in [9.17, 15) is 4.79 Å². The zero-order valence-electron chi connectivity index (χ0n) is 14.2. The molecule has 1 unspecified atom stereocenters. The lowest BCUT2D eigenvalue weighted by Gasteiger charge is -2.37. The van der Waals surface area contributed by atoms with Crippen LogP contribution < -0.4 is 4.90 Å². The third kappa shape index (κ3) is 2.53. The Morgan fingerprint density at radius 3 is 2.79 bits per heavy atom. The molecule has 128 valence electrons. The SMILES string of the molecule is Cc1nn(C)c2nccc(N3CCN(C(=O)C4CCCO4)CC3)c12. The lowest BCUT2D eigenvalue weighted by Crippen LogP contribution is -2.51. The van der Waals surface area contributed by atoms with Crippen LogP contribution in [-0.2, 0) is 16.6 Å². The van der Waals surface area contributed by atoms with Crippen molar-refractivity contribution < 1.29 is 9.53 Å². The molecule has 0 aliphatic carbocycles. The number of piperazine rings is 1. The first-order valence-electron chi connectivity index (χ1n) is 8.59.